The van der Waals surface area contributed by atoms with Gasteiger partial charge in [0.05, 0.1) is 0 Å². The van der Waals surface area contributed by atoms with Gasteiger partial charge in [0, 0.05) is 9.52 Å². The average Bonchev–Trinajstić information content (AvgIpc) is 0.918. The van der Waals surface area contributed by atoms with Crippen LogP contribution in [0.1, 0.15) is 0 Å². The molecule has 0 fully saturated rings. The van der Waals surface area contributed by atoms with Crippen molar-refractivity contribution in [3.8, 4) is 0 Å². The molecule has 0 unspecified atom stereocenters. The molecule has 0 N–H and O–H groups in total. The monoisotopic (exact) mass is 184 g/mol. The second-order valence-electron chi connectivity index (χ2n) is 0.707. The topological polar surface area (TPSA) is 0 Å². The molecular formula is C2H11SbSi. The summed E-state index contributed by atoms with van der Waals surface area (Å²) < 4.78 is 0. The summed E-state index contributed by atoms with van der Waals surface area (Å²) in [4.78, 5) is 0. The van der Waals surface area contributed by atoms with Gasteiger partial charge in [0.15, 0.2) is 0 Å². The Kier molecular flexibility index (Phi) is 20.0. The van der Waals surface area contributed by atoms with Crippen LogP contribution in [-0.2, 0) is 0 Å². The molecule has 0 saturated carbocycles. The molecule has 0 atom stereocenters. The third-order valence-electron chi connectivity index (χ3n) is 0. The van der Waals surface area contributed by atoms with Gasteiger partial charge in [-0.2, -0.15) is 0 Å². The summed E-state index contributed by atoms with van der Waals surface area (Å²) in [5.74, 6) is 0. The minimum atomic E-state index is 0. The van der Waals surface area contributed by atoms with Crippen LogP contribution in [0.4, 0.5) is 0 Å². The molecule has 0 spiro atoms. The number of hydrogen-bond acceptors (Lipinski definition) is 0. The van der Waals surface area contributed by atoms with Crippen molar-refractivity contribution in [2.24, 2.45) is 0 Å². The van der Waals surface area contributed by atoms with Crippen molar-refractivity contribution in [3.05, 3.63) is 0 Å². The summed E-state index contributed by atoms with van der Waals surface area (Å²) in [5.41, 5.74) is 0. The van der Waals surface area contributed by atoms with Crippen LogP contribution in [0, 0.1) is 0 Å². The Morgan fingerprint density at radius 2 is 1.25 bits per heavy atom. The van der Waals surface area contributed by atoms with Crippen molar-refractivity contribution < 1.29 is 0 Å². The van der Waals surface area contributed by atoms with E-state index in [0.29, 0.717) is 9.52 Å². The molecular weight excluding hydrogens is 174 g/mol. The van der Waals surface area contributed by atoms with Gasteiger partial charge in [-0.1, -0.05) is 13.1 Å². The van der Waals surface area contributed by atoms with E-state index in [-0.39, 0.29) is 24.4 Å². The molecule has 0 aromatic rings. The molecule has 0 aliphatic carbocycles. The number of rotatable bonds is 0. The Morgan fingerprint density at radius 1 is 1.25 bits per heavy atom. The zero-order chi connectivity index (χ0) is 2.71. The van der Waals surface area contributed by atoms with Gasteiger partial charge in [0.25, 0.3) is 0 Å². The van der Waals surface area contributed by atoms with Gasteiger partial charge in [-0.05, 0) is 0 Å². The average molecular weight is 185 g/mol. The molecule has 2 heteroatoms. The molecule has 4 heavy (non-hydrogen) atoms. The van der Waals surface area contributed by atoms with Crippen molar-refractivity contribution in [3.63, 3.8) is 0 Å². The molecule has 0 amide bonds. The van der Waals surface area contributed by atoms with Crippen LogP contribution < -0.4 is 0 Å². The fraction of sp³-hybridized carbons (Fsp3) is 1.00. The summed E-state index contributed by atoms with van der Waals surface area (Å²) in [5, 5.41) is 0. The standard InChI is InChI=1S/C2H8Si.Sb.3H/c1-3-2;;;;/h3H2,1-2H3;;;;. The fourth-order valence-corrected chi connectivity index (χ4v) is 0. The minimum absolute atomic E-state index is 0. The van der Waals surface area contributed by atoms with Gasteiger partial charge in [0.1, 0.15) is 0 Å². The molecule has 0 aromatic carbocycles. The summed E-state index contributed by atoms with van der Waals surface area (Å²) in [6.45, 7) is 4.53. The Labute approximate surface area is 47.2 Å². The Morgan fingerprint density at radius 3 is 1.25 bits per heavy atom. The van der Waals surface area contributed by atoms with E-state index in [1.54, 1.807) is 0 Å². The number of hydrogen-bond donors (Lipinski definition) is 0. The van der Waals surface area contributed by atoms with Crippen LogP contribution in [0.3, 0.4) is 0 Å². The van der Waals surface area contributed by atoms with Crippen molar-refractivity contribution in [2.75, 3.05) is 0 Å². The molecule has 0 heterocycles. The first kappa shape index (κ1) is 8.90. The molecule has 0 aromatic heterocycles. The van der Waals surface area contributed by atoms with Crippen LogP contribution in [0.5, 0.6) is 0 Å². The van der Waals surface area contributed by atoms with Crippen LogP contribution in [0.15, 0.2) is 0 Å². The van der Waals surface area contributed by atoms with E-state index in [1.807, 2.05) is 0 Å². The van der Waals surface area contributed by atoms with Gasteiger partial charge < -0.3 is 0 Å². The second kappa shape index (κ2) is 8.97. The summed E-state index contributed by atoms with van der Waals surface area (Å²) in [7, 11) is 0.417. The van der Waals surface area contributed by atoms with E-state index in [2.05, 4.69) is 13.1 Å². The van der Waals surface area contributed by atoms with Gasteiger partial charge in [-0.3, -0.25) is 0 Å². The fourth-order valence-electron chi connectivity index (χ4n) is 0. The normalized spacial score (nSPS) is 4.50. The van der Waals surface area contributed by atoms with Crippen molar-refractivity contribution >= 4 is 33.9 Å². The third kappa shape index (κ3) is 11.7. The van der Waals surface area contributed by atoms with Crippen molar-refractivity contribution in [1.82, 2.24) is 0 Å². The molecule has 0 rings (SSSR count). The third-order valence-corrected chi connectivity index (χ3v) is 0. The van der Waals surface area contributed by atoms with E-state index < -0.39 is 0 Å². The first-order chi connectivity index (χ1) is 1.41. The molecule has 28 valence electrons. The molecule has 0 aliphatic heterocycles. The van der Waals surface area contributed by atoms with Crippen LogP contribution in [-0.4, -0.2) is 33.9 Å². The molecule has 0 nitrogen and oxygen atoms in total. The van der Waals surface area contributed by atoms with Gasteiger partial charge in [-0.25, -0.2) is 0 Å². The van der Waals surface area contributed by atoms with Gasteiger partial charge >= 0.3 is 24.4 Å². The Bertz CT molecular complexity index is 6.00. The van der Waals surface area contributed by atoms with Gasteiger partial charge in [0.2, 0.25) is 0 Å². The van der Waals surface area contributed by atoms with E-state index in [9.17, 15) is 0 Å². The van der Waals surface area contributed by atoms with E-state index in [0.717, 1.165) is 0 Å². The maximum atomic E-state index is 2.26. The van der Waals surface area contributed by atoms with E-state index >= 15 is 0 Å². The van der Waals surface area contributed by atoms with E-state index in [4.69, 9.17) is 0 Å². The second-order valence-corrected chi connectivity index (χ2v) is 2.12. The summed E-state index contributed by atoms with van der Waals surface area (Å²) in [6, 6.07) is 0. The molecule has 0 aliphatic rings. The van der Waals surface area contributed by atoms with Crippen molar-refractivity contribution in [2.45, 2.75) is 13.1 Å². The van der Waals surface area contributed by atoms with Crippen molar-refractivity contribution in [1.29, 1.82) is 0 Å². The SMILES string of the molecule is C[SiH2]C.[SbH3]. The Balaban J connectivity index is 0. The zero-order valence-corrected chi connectivity index (χ0v) is 8.86. The predicted molar refractivity (Wildman–Crippen MR) is 30.2 cm³/mol. The quantitative estimate of drug-likeness (QED) is 0.427. The summed E-state index contributed by atoms with van der Waals surface area (Å²) in [6.07, 6.45) is 0. The predicted octanol–water partition coefficient (Wildman–Crippen LogP) is -0.933. The first-order valence-corrected chi connectivity index (χ1v) is 4.24. The van der Waals surface area contributed by atoms with Crippen LogP contribution >= 0.6 is 0 Å². The Hall–Kier alpha value is 1.04. The van der Waals surface area contributed by atoms with Crippen LogP contribution in [0.2, 0.25) is 13.1 Å². The molecule has 0 radical (unpaired) electrons. The zero-order valence-electron chi connectivity index (χ0n) is 3.41. The maximum absolute atomic E-state index is 2.26. The van der Waals surface area contributed by atoms with Gasteiger partial charge in [-0.15, -0.1) is 0 Å². The molecule has 0 bridgehead atoms. The van der Waals surface area contributed by atoms with Crippen LogP contribution in [0.25, 0.3) is 0 Å². The molecule has 0 saturated heterocycles. The van der Waals surface area contributed by atoms with E-state index in [1.165, 1.54) is 0 Å². The first-order valence-electron chi connectivity index (χ1n) is 1.41. The summed E-state index contributed by atoms with van der Waals surface area (Å²) >= 11 is 0.